The molecule has 0 atom stereocenters. The molecule has 0 saturated heterocycles. The van der Waals surface area contributed by atoms with Crippen LogP contribution in [0, 0.1) is 0 Å². The summed E-state index contributed by atoms with van der Waals surface area (Å²) in [6.45, 7) is 3.95. The first-order valence-electron chi connectivity index (χ1n) is 6.42. The molecule has 0 spiro atoms. The molecule has 92 valence electrons. The smallest absolute Gasteiger partial charge is 0.0979 e. The Kier molecular flexibility index (Phi) is 4.63. The fourth-order valence-electron chi connectivity index (χ4n) is 1.95. The largest absolute Gasteiger partial charge is 0.472 e. The van der Waals surface area contributed by atoms with E-state index in [1.54, 1.807) is 12.5 Å². The Hall–Kier alpha value is -1.28. The van der Waals surface area contributed by atoms with Crippen LogP contribution in [0.15, 0.2) is 35.1 Å². The molecular weight excluding hydrogens is 212 g/mol. The van der Waals surface area contributed by atoms with Gasteiger partial charge in [0.25, 0.3) is 0 Å². The van der Waals surface area contributed by atoms with E-state index in [9.17, 15) is 0 Å². The lowest BCUT2D eigenvalue weighted by molar-refractivity contribution is 0.129. The lowest BCUT2D eigenvalue weighted by Crippen LogP contribution is -1.97. The summed E-state index contributed by atoms with van der Waals surface area (Å²) in [6, 6.07) is 6.44. The molecule has 0 amide bonds. The van der Waals surface area contributed by atoms with Crippen LogP contribution in [0.4, 0.5) is 0 Å². The standard InChI is InChI=1S/C15H20O2/c1-2-3-7-16-8-4-5-13-10-14-6-9-17-12-15(14)11-13/h6,9-12H,2-5,7-8H2,1H3. The number of fused-ring (bicyclic) bond motifs is 1. The van der Waals surface area contributed by atoms with Crippen molar-refractivity contribution in [2.24, 2.45) is 0 Å². The zero-order chi connectivity index (χ0) is 11.9. The molecule has 0 fully saturated rings. The average Bonchev–Trinajstić information content (AvgIpc) is 2.76. The minimum atomic E-state index is 0.867. The van der Waals surface area contributed by atoms with E-state index in [0.717, 1.165) is 26.1 Å². The lowest BCUT2D eigenvalue weighted by Gasteiger charge is -2.01. The third-order valence-corrected chi connectivity index (χ3v) is 2.93. The Morgan fingerprint density at radius 2 is 1.94 bits per heavy atom. The molecule has 2 aliphatic rings. The van der Waals surface area contributed by atoms with Gasteiger partial charge in [-0.15, -0.1) is 0 Å². The second-order valence-corrected chi connectivity index (χ2v) is 4.40. The average molecular weight is 232 g/mol. The van der Waals surface area contributed by atoms with Crippen molar-refractivity contribution in [3.8, 4) is 11.1 Å². The molecule has 0 unspecified atom stereocenters. The molecule has 0 aromatic carbocycles. The van der Waals surface area contributed by atoms with E-state index in [-0.39, 0.29) is 0 Å². The molecule has 1 heterocycles. The van der Waals surface area contributed by atoms with Crippen LogP contribution < -0.4 is 0 Å². The van der Waals surface area contributed by atoms with Gasteiger partial charge in [0, 0.05) is 18.8 Å². The highest BCUT2D eigenvalue weighted by Gasteiger charge is 2.05. The topological polar surface area (TPSA) is 22.4 Å². The Balaban J connectivity index is 1.74. The van der Waals surface area contributed by atoms with Crippen molar-refractivity contribution in [3.05, 3.63) is 36.3 Å². The molecule has 1 aliphatic carbocycles. The fraction of sp³-hybridized carbons (Fsp3) is 0.467. The molecule has 2 heteroatoms. The molecule has 2 nitrogen and oxygen atoms in total. The summed E-state index contributed by atoms with van der Waals surface area (Å²) in [5, 5.41) is 0. The van der Waals surface area contributed by atoms with Crippen molar-refractivity contribution < 1.29 is 9.15 Å². The van der Waals surface area contributed by atoms with E-state index in [2.05, 4.69) is 19.1 Å². The van der Waals surface area contributed by atoms with Gasteiger partial charge in [-0.2, -0.15) is 0 Å². The number of hydrogen-bond acceptors (Lipinski definition) is 2. The Morgan fingerprint density at radius 3 is 2.76 bits per heavy atom. The molecule has 0 bridgehead atoms. The lowest BCUT2D eigenvalue weighted by atomic mass is 10.2. The van der Waals surface area contributed by atoms with Crippen molar-refractivity contribution in [1.82, 2.24) is 0 Å². The first-order chi connectivity index (χ1) is 8.40. The maximum Gasteiger partial charge on any atom is 0.0979 e. The highest BCUT2D eigenvalue weighted by atomic mass is 16.5. The van der Waals surface area contributed by atoms with Crippen LogP contribution in [-0.4, -0.2) is 13.2 Å². The van der Waals surface area contributed by atoms with E-state index in [4.69, 9.17) is 9.15 Å². The van der Waals surface area contributed by atoms with Crippen LogP contribution in [0.3, 0.4) is 0 Å². The van der Waals surface area contributed by atoms with Crippen molar-refractivity contribution in [3.63, 3.8) is 0 Å². The van der Waals surface area contributed by atoms with E-state index in [1.165, 1.54) is 29.5 Å². The normalized spacial score (nSPS) is 11.1. The molecule has 0 N–H and O–H groups in total. The van der Waals surface area contributed by atoms with E-state index < -0.39 is 0 Å². The van der Waals surface area contributed by atoms with Crippen molar-refractivity contribution in [2.75, 3.05) is 13.2 Å². The van der Waals surface area contributed by atoms with Crippen LogP contribution in [0.5, 0.6) is 0 Å². The van der Waals surface area contributed by atoms with Gasteiger partial charge in [-0.3, -0.25) is 0 Å². The predicted octanol–water partition coefficient (Wildman–Crippen LogP) is 4.13. The van der Waals surface area contributed by atoms with Gasteiger partial charge in [-0.05, 0) is 42.5 Å². The Morgan fingerprint density at radius 1 is 1.12 bits per heavy atom. The molecular formula is C15H20O2. The minimum absolute atomic E-state index is 0.867. The number of aryl methyl sites for hydroxylation is 1. The maximum absolute atomic E-state index is 5.55. The van der Waals surface area contributed by atoms with Gasteiger partial charge in [-0.25, -0.2) is 0 Å². The van der Waals surface area contributed by atoms with Crippen LogP contribution in [0.25, 0.3) is 11.1 Å². The second kappa shape index (κ2) is 6.45. The minimum Gasteiger partial charge on any atom is -0.472 e. The van der Waals surface area contributed by atoms with Gasteiger partial charge in [0.2, 0.25) is 0 Å². The molecule has 17 heavy (non-hydrogen) atoms. The van der Waals surface area contributed by atoms with E-state index in [1.807, 2.05) is 6.07 Å². The number of hydrogen-bond donors (Lipinski definition) is 0. The molecule has 0 saturated carbocycles. The molecule has 1 aliphatic heterocycles. The number of ether oxygens (including phenoxy) is 1. The van der Waals surface area contributed by atoms with Crippen LogP contribution in [0.2, 0.25) is 0 Å². The fourth-order valence-corrected chi connectivity index (χ4v) is 1.95. The highest BCUT2D eigenvalue weighted by Crippen LogP contribution is 2.26. The van der Waals surface area contributed by atoms with Crippen LogP contribution in [0.1, 0.15) is 31.7 Å². The molecule has 0 aromatic heterocycles. The summed E-state index contributed by atoms with van der Waals surface area (Å²) >= 11 is 0. The first kappa shape index (κ1) is 12.2. The maximum atomic E-state index is 5.55. The van der Waals surface area contributed by atoms with Crippen molar-refractivity contribution >= 4 is 0 Å². The second-order valence-electron chi connectivity index (χ2n) is 4.40. The molecule has 0 aromatic rings. The zero-order valence-electron chi connectivity index (χ0n) is 10.4. The van der Waals surface area contributed by atoms with Gasteiger partial charge in [0.15, 0.2) is 0 Å². The Labute approximate surface area is 103 Å². The molecule has 2 rings (SSSR count). The van der Waals surface area contributed by atoms with Crippen molar-refractivity contribution in [1.29, 1.82) is 0 Å². The summed E-state index contributed by atoms with van der Waals surface area (Å²) in [5.74, 6) is 0. The van der Waals surface area contributed by atoms with Crippen molar-refractivity contribution in [2.45, 2.75) is 32.6 Å². The summed E-state index contributed by atoms with van der Waals surface area (Å²) in [7, 11) is 0. The molecule has 0 radical (unpaired) electrons. The summed E-state index contributed by atoms with van der Waals surface area (Å²) in [5.41, 5.74) is 3.83. The zero-order valence-corrected chi connectivity index (χ0v) is 10.4. The van der Waals surface area contributed by atoms with Gasteiger partial charge in [-0.1, -0.05) is 19.4 Å². The van der Waals surface area contributed by atoms with Crippen LogP contribution >= 0.6 is 0 Å². The highest BCUT2D eigenvalue weighted by molar-refractivity contribution is 5.66. The number of rotatable bonds is 7. The monoisotopic (exact) mass is 232 g/mol. The summed E-state index contributed by atoms with van der Waals surface area (Å²) in [6.07, 6.45) is 8.08. The quantitative estimate of drug-likeness (QED) is 0.670. The third kappa shape index (κ3) is 3.60. The number of unbranched alkanes of at least 4 members (excludes halogenated alkanes) is 1. The van der Waals surface area contributed by atoms with Crippen LogP contribution in [-0.2, 0) is 11.2 Å². The van der Waals surface area contributed by atoms with E-state index in [0.29, 0.717) is 0 Å². The van der Waals surface area contributed by atoms with E-state index >= 15 is 0 Å². The van der Waals surface area contributed by atoms with Gasteiger partial charge < -0.3 is 9.15 Å². The SMILES string of the molecule is CCCCOCCCc1cc2ccocc-2c1. The first-order valence-corrected chi connectivity index (χ1v) is 6.42. The summed E-state index contributed by atoms with van der Waals surface area (Å²) in [4.78, 5) is 0. The predicted molar refractivity (Wildman–Crippen MR) is 69.4 cm³/mol. The third-order valence-electron chi connectivity index (χ3n) is 2.93. The summed E-state index contributed by atoms with van der Waals surface area (Å²) < 4.78 is 10.7. The van der Waals surface area contributed by atoms with Gasteiger partial charge >= 0.3 is 0 Å². The van der Waals surface area contributed by atoms with Gasteiger partial charge in [0.1, 0.15) is 0 Å². The van der Waals surface area contributed by atoms with Gasteiger partial charge in [0.05, 0.1) is 12.5 Å². The Bertz CT molecular complexity index is 375.